The van der Waals surface area contributed by atoms with Gasteiger partial charge in [0.2, 0.25) is 0 Å². The van der Waals surface area contributed by atoms with Crippen LogP contribution in [0.4, 0.5) is 0 Å². The summed E-state index contributed by atoms with van der Waals surface area (Å²) in [6, 6.07) is 5.19. The molecule has 0 aliphatic carbocycles. The lowest BCUT2D eigenvalue weighted by atomic mass is 10.0. The molecule has 1 aliphatic heterocycles. The van der Waals surface area contributed by atoms with Crippen molar-refractivity contribution in [1.29, 1.82) is 0 Å². The number of amides is 1. The average molecular weight is 294 g/mol. The number of carbonyl (C=O) groups excluding carboxylic acids is 1. The lowest BCUT2D eigenvalue weighted by Crippen LogP contribution is -2.57. The number of hydrogen-bond acceptors (Lipinski definition) is 5. The zero-order valence-corrected chi connectivity index (χ0v) is 12.9. The molecule has 116 valence electrons. The van der Waals surface area contributed by atoms with E-state index in [0.29, 0.717) is 18.9 Å². The molecule has 2 rings (SSSR count). The molecule has 0 unspecified atom stereocenters. The third-order valence-electron chi connectivity index (χ3n) is 3.82. The van der Waals surface area contributed by atoms with E-state index in [4.69, 9.17) is 14.2 Å². The number of aryl methyl sites for hydroxylation is 1. The first-order valence-corrected chi connectivity index (χ1v) is 6.92. The highest BCUT2D eigenvalue weighted by Gasteiger charge is 2.38. The molecule has 1 saturated heterocycles. The molecule has 0 spiro atoms. The van der Waals surface area contributed by atoms with Gasteiger partial charge in [-0.05, 0) is 19.1 Å². The van der Waals surface area contributed by atoms with Crippen LogP contribution >= 0.6 is 0 Å². The number of carbonyl (C=O) groups is 1. The van der Waals surface area contributed by atoms with Crippen LogP contribution in [0, 0.1) is 6.92 Å². The molecule has 0 aromatic carbocycles. The van der Waals surface area contributed by atoms with Gasteiger partial charge in [-0.1, -0.05) is 6.07 Å². The van der Waals surface area contributed by atoms with Crippen molar-refractivity contribution in [3.63, 3.8) is 0 Å². The molecular weight excluding hydrogens is 272 g/mol. The fourth-order valence-electron chi connectivity index (χ4n) is 2.58. The van der Waals surface area contributed by atoms with E-state index in [1.54, 1.807) is 32.2 Å². The maximum absolute atomic E-state index is 12.6. The Labute approximate surface area is 125 Å². The summed E-state index contributed by atoms with van der Waals surface area (Å²) in [5.41, 5.74) is 1.24. The van der Waals surface area contributed by atoms with Crippen molar-refractivity contribution in [2.24, 2.45) is 0 Å². The molecular formula is C15H22N2O4. The van der Waals surface area contributed by atoms with Crippen LogP contribution in [-0.2, 0) is 14.2 Å². The summed E-state index contributed by atoms with van der Waals surface area (Å²) >= 11 is 0. The molecule has 3 atom stereocenters. The van der Waals surface area contributed by atoms with Crippen molar-refractivity contribution in [1.82, 2.24) is 9.88 Å². The van der Waals surface area contributed by atoms with E-state index in [1.807, 2.05) is 19.1 Å². The van der Waals surface area contributed by atoms with Gasteiger partial charge in [0.25, 0.3) is 5.91 Å². The molecule has 1 amide bonds. The highest BCUT2D eigenvalue weighted by molar-refractivity contribution is 5.92. The molecule has 1 fully saturated rings. The Bertz CT molecular complexity index is 494. The summed E-state index contributed by atoms with van der Waals surface area (Å²) < 4.78 is 16.4. The second kappa shape index (κ2) is 6.98. The van der Waals surface area contributed by atoms with Crippen LogP contribution in [0.15, 0.2) is 18.2 Å². The summed E-state index contributed by atoms with van der Waals surface area (Å²) in [4.78, 5) is 18.5. The monoisotopic (exact) mass is 294 g/mol. The van der Waals surface area contributed by atoms with Crippen LogP contribution in [0.2, 0.25) is 0 Å². The van der Waals surface area contributed by atoms with Crippen molar-refractivity contribution in [3.8, 4) is 0 Å². The number of aromatic nitrogens is 1. The number of nitrogens with zero attached hydrogens (tertiary/aromatic N) is 2. The maximum Gasteiger partial charge on any atom is 0.272 e. The highest BCUT2D eigenvalue weighted by atomic mass is 16.6. The number of pyridine rings is 1. The molecule has 6 nitrogen and oxygen atoms in total. The lowest BCUT2D eigenvalue weighted by Gasteiger charge is -2.40. The fraction of sp³-hybridized carbons (Fsp3) is 0.600. The van der Waals surface area contributed by atoms with E-state index in [-0.39, 0.29) is 24.2 Å². The van der Waals surface area contributed by atoms with Gasteiger partial charge in [0, 0.05) is 27.0 Å². The molecule has 1 aromatic heterocycles. The van der Waals surface area contributed by atoms with Crippen LogP contribution in [0.3, 0.4) is 0 Å². The quantitative estimate of drug-likeness (QED) is 0.825. The molecule has 6 heteroatoms. The third-order valence-corrected chi connectivity index (χ3v) is 3.82. The van der Waals surface area contributed by atoms with Crippen LogP contribution in [-0.4, -0.2) is 68.5 Å². The Morgan fingerprint density at radius 1 is 1.33 bits per heavy atom. The zero-order chi connectivity index (χ0) is 15.4. The molecule has 2 heterocycles. The second-order valence-corrected chi connectivity index (χ2v) is 5.16. The van der Waals surface area contributed by atoms with Crippen LogP contribution in [0.5, 0.6) is 0 Å². The normalized spacial score (nSPS) is 25.6. The molecule has 1 aromatic rings. The minimum absolute atomic E-state index is 0.147. The number of ether oxygens (including phenoxy) is 3. The smallest absolute Gasteiger partial charge is 0.272 e. The number of rotatable bonds is 4. The van der Waals surface area contributed by atoms with Gasteiger partial charge in [-0.3, -0.25) is 4.79 Å². The van der Waals surface area contributed by atoms with Gasteiger partial charge in [-0.25, -0.2) is 4.98 Å². The molecule has 1 aliphatic rings. The van der Waals surface area contributed by atoms with Gasteiger partial charge < -0.3 is 19.1 Å². The molecule has 0 saturated carbocycles. The van der Waals surface area contributed by atoms with E-state index >= 15 is 0 Å². The van der Waals surface area contributed by atoms with Gasteiger partial charge in [0.1, 0.15) is 17.9 Å². The van der Waals surface area contributed by atoms with E-state index in [0.717, 1.165) is 5.69 Å². The van der Waals surface area contributed by atoms with Gasteiger partial charge >= 0.3 is 0 Å². The van der Waals surface area contributed by atoms with Crippen molar-refractivity contribution >= 4 is 5.91 Å². The van der Waals surface area contributed by atoms with Crippen LogP contribution < -0.4 is 0 Å². The van der Waals surface area contributed by atoms with Crippen LogP contribution in [0.1, 0.15) is 16.2 Å². The van der Waals surface area contributed by atoms with Gasteiger partial charge in [-0.2, -0.15) is 0 Å². The molecule has 0 bridgehead atoms. The molecule has 0 radical (unpaired) electrons. The van der Waals surface area contributed by atoms with Crippen molar-refractivity contribution in [3.05, 3.63) is 29.6 Å². The Morgan fingerprint density at radius 3 is 2.71 bits per heavy atom. The number of methoxy groups -OCH3 is 2. The summed E-state index contributed by atoms with van der Waals surface area (Å²) in [5.74, 6) is -0.147. The van der Waals surface area contributed by atoms with Crippen molar-refractivity contribution in [2.75, 3.05) is 34.5 Å². The first-order chi connectivity index (χ1) is 10.1. The Kier molecular flexibility index (Phi) is 5.27. The zero-order valence-electron chi connectivity index (χ0n) is 12.9. The van der Waals surface area contributed by atoms with E-state index in [2.05, 4.69) is 4.98 Å². The van der Waals surface area contributed by atoms with E-state index < -0.39 is 0 Å². The molecule has 21 heavy (non-hydrogen) atoms. The fourth-order valence-corrected chi connectivity index (χ4v) is 2.58. The topological polar surface area (TPSA) is 60.9 Å². The van der Waals surface area contributed by atoms with Gasteiger partial charge in [-0.15, -0.1) is 0 Å². The minimum Gasteiger partial charge on any atom is -0.376 e. The van der Waals surface area contributed by atoms with Gasteiger partial charge in [0.05, 0.1) is 19.3 Å². The number of hydrogen-bond donors (Lipinski definition) is 0. The molecule has 0 N–H and O–H groups in total. The summed E-state index contributed by atoms with van der Waals surface area (Å²) in [6.07, 6.45) is -0.406. The standard InChI is InChI=1S/C15H22N2O4/c1-10-6-5-7-11(16-10)15(18)17(2)12-8-21-9-13(19-3)14(12)20-4/h5-7,12-14H,8-9H2,1-4H3/t12-,13-,14+/m1/s1. The summed E-state index contributed by atoms with van der Waals surface area (Å²) in [6.45, 7) is 2.75. The predicted molar refractivity (Wildman–Crippen MR) is 77.3 cm³/mol. The Balaban J connectivity index is 2.17. The first kappa shape index (κ1) is 15.9. The number of likely N-dealkylation sites (N-methyl/N-ethyl adjacent to an activating group) is 1. The Hall–Kier alpha value is -1.50. The highest BCUT2D eigenvalue weighted by Crippen LogP contribution is 2.20. The first-order valence-electron chi connectivity index (χ1n) is 6.92. The largest absolute Gasteiger partial charge is 0.376 e. The van der Waals surface area contributed by atoms with Crippen molar-refractivity contribution < 1.29 is 19.0 Å². The van der Waals surface area contributed by atoms with Crippen LogP contribution in [0.25, 0.3) is 0 Å². The second-order valence-electron chi connectivity index (χ2n) is 5.16. The van der Waals surface area contributed by atoms with Gasteiger partial charge in [0.15, 0.2) is 0 Å². The van der Waals surface area contributed by atoms with E-state index in [9.17, 15) is 4.79 Å². The summed E-state index contributed by atoms with van der Waals surface area (Å²) in [7, 11) is 4.98. The Morgan fingerprint density at radius 2 is 2.10 bits per heavy atom. The van der Waals surface area contributed by atoms with Crippen molar-refractivity contribution in [2.45, 2.75) is 25.2 Å². The average Bonchev–Trinajstić information content (AvgIpc) is 2.52. The SMILES string of the molecule is CO[C@H]1[C@H](N(C)C(=O)c2cccc(C)n2)COC[C@H]1OC. The lowest BCUT2D eigenvalue weighted by molar-refractivity contribution is -0.147. The summed E-state index contributed by atoms with van der Waals surface area (Å²) in [5, 5.41) is 0. The maximum atomic E-state index is 12.6. The predicted octanol–water partition coefficient (Wildman–Crippen LogP) is 0.891. The van der Waals surface area contributed by atoms with E-state index in [1.165, 1.54) is 0 Å². The minimum atomic E-state index is -0.220. The third kappa shape index (κ3) is 3.40.